The van der Waals surface area contributed by atoms with Crippen LogP contribution in [0, 0.1) is 6.92 Å². The highest BCUT2D eigenvalue weighted by Crippen LogP contribution is 2.45. The van der Waals surface area contributed by atoms with Gasteiger partial charge in [-0.3, -0.25) is 4.79 Å². The van der Waals surface area contributed by atoms with Crippen molar-refractivity contribution in [3.8, 4) is 33.8 Å². The number of rotatable bonds is 3. The molecular formula is C28H32O3. The number of carbonyl (C=O) groups excluding carboxylic acids is 1. The zero-order valence-corrected chi connectivity index (χ0v) is 19.5. The molecule has 0 aromatic heterocycles. The molecule has 3 heteroatoms. The van der Waals surface area contributed by atoms with Crippen LogP contribution in [-0.2, 0) is 10.8 Å². The van der Waals surface area contributed by atoms with Crippen LogP contribution in [0.3, 0.4) is 0 Å². The number of aromatic hydroxyl groups is 2. The molecule has 3 rings (SSSR count). The van der Waals surface area contributed by atoms with Gasteiger partial charge in [0.1, 0.15) is 11.5 Å². The molecule has 0 heterocycles. The Hall–Kier alpha value is -3.07. The molecule has 0 unspecified atom stereocenters. The van der Waals surface area contributed by atoms with Gasteiger partial charge in [0.05, 0.1) is 0 Å². The molecule has 0 radical (unpaired) electrons. The minimum atomic E-state index is -0.123. The average molecular weight is 417 g/mol. The third kappa shape index (κ3) is 4.36. The van der Waals surface area contributed by atoms with Crippen LogP contribution in [-0.4, -0.2) is 16.5 Å². The fraction of sp³-hybridized carbons (Fsp3) is 0.321. The van der Waals surface area contributed by atoms with Crippen LogP contribution in [0.1, 0.15) is 68.6 Å². The summed E-state index contributed by atoms with van der Waals surface area (Å²) in [7, 11) is 0. The number of phenols is 2. The first-order valence-corrected chi connectivity index (χ1v) is 10.6. The lowest BCUT2D eigenvalue weighted by Gasteiger charge is -2.24. The van der Waals surface area contributed by atoms with Crippen molar-refractivity contribution < 1.29 is 15.0 Å². The standard InChI is InChI=1S/C28H32O3/c1-17-8-9-18(16-29)26(22-15-20(28(5,6)7)11-13-24(22)31)25(17)21-14-19(27(2,3)4)10-12-23(21)30/h8-16,30-31H,1-7H3. The molecular weight excluding hydrogens is 384 g/mol. The van der Waals surface area contributed by atoms with E-state index in [1.165, 1.54) is 0 Å². The minimum Gasteiger partial charge on any atom is -0.507 e. The monoisotopic (exact) mass is 416 g/mol. The first kappa shape index (κ1) is 22.6. The van der Waals surface area contributed by atoms with Gasteiger partial charge in [0.15, 0.2) is 6.29 Å². The normalized spacial score (nSPS) is 12.1. The van der Waals surface area contributed by atoms with Crippen LogP contribution < -0.4 is 0 Å². The Morgan fingerprint density at radius 2 is 1.13 bits per heavy atom. The molecule has 0 aliphatic heterocycles. The van der Waals surface area contributed by atoms with Gasteiger partial charge in [-0.15, -0.1) is 0 Å². The van der Waals surface area contributed by atoms with Crippen molar-refractivity contribution in [2.75, 3.05) is 0 Å². The molecule has 3 nitrogen and oxygen atoms in total. The Morgan fingerprint density at radius 1 is 0.677 bits per heavy atom. The van der Waals surface area contributed by atoms with E-state index in [0.717, 1.165) is 28.5 Å². The predicted octanol–water partition coefficient (Wildman–Crippen LogP) is 7.15. The zero-order chi connectivity index (χ0) is 23.1. The van der Waals surface area contributed by atoms with E-state index in [1.54, 1.807) is 18.2 Å². The summed E-state index contributed by atoms with van der Waals surface area (Å²) in [5.41, 5.74) is 5.94. The first-order chi connectivity index (χ1) is 14.3. The SMILES string of the molecule is Cc1ccc(C=O)c(-c2cc(C(C)(C)C)ccc2O)c1-c1cc(C(C)(C)C)ccc1O. The molecule has 0 bridgehead atoms. The quantitative estimate of drug-likeness (QED) is 0.446. The molecule has 0 saturated heterocycles. The molecule has 0 amide bonds. The summed E-state index contributed by atoms with van der Waals surface area (Å²) in [6.07, 6.45) is 0.812. The van der Waals surface area contributed by atoms with Gasteiger partial charge in [-0.05, 0) is 64.3 Å². The maximum atomic E-state index is 12.1. The third-order valence-corrected chi connectivity index (χ3v) is 5.84. The maximum absolute atomic E-state index is 12.1. The topological polar surface area (TPSA) is 57.5 Å². The molecule has 0 atom stereocenters. The van der Waals surface area contributed by atoms with E-state index < -0.39 is 0 Å². The fourth-order valence-corrected chi connectivity index (χ4v) is 3.86. The van der Waals surface area contributed by atoms with Crippen molar-refractivity contribution in [1.29, 1.82) is 0 Å². The molecule has 0 saturated carbocycles. The lowest BCUT2D eigenvalue weighted by molar-refractivity contribution is 0.112. The molecule has 0 aliphatic rings. The number of hydrogen-bond donors (Lipinski definition) is 2. The predicted molar refractivity (Wildman–Crippen MR) is 128 cm³/mol. The van der Waals surface area contributed by atoms with Crippen molar-refractivity contribution in [1.82, 2.24) is 0 Å². The van der Waals surface area contributed by atoms with Gasteiger partial charge in [0, 0.05) is 22.3 Å². The maximum Gasteiger partial charge on any atom is 0.150 e. The highest BCUT2D eigenvalue weighted by molar-refractivity contribution is 5.99. The number of benzene rings is 3. The summed E-state index contributed by atoms with van der Waals surface area (Å²) in [6.45, 7) is 14.7. The van der Waals surface area contributed by atoms with Crippen LogP contribution in [0.25, 0.3) is 22.3 Å². The highest BCUT2D eigenvalue weighted by Gasteiger charge is 2.24. The zero-order valence-electron chi connectivity index (χ0n) is 19.5. The van der Waals surface area contributed by atoms with Gasteiger partial charge in [-0.25, -0.2) is 0 Å². The Morgan fingerprint density at radius 3 is 1.55 bits per heavy atom. The van der Waals surface area contributed by atoms with Crippen LogP contribution in [0.15, 0.2) is 48.5 Å². The third-order valence-electron chi connectivity index (χ3n) is 5.84. The van der Waals surface area contributed by atoms with Crippen molar-refractivity contribution in [3.05, 3.63) is 70.8 Å². The molecule has 0 fully saturated rings. The Bertz CT molecular complexity index is 1140. The Kier molecular flexibility index (Phi) is 5.75. The van der Waals surface area contributed by atoms with E-state index >= 15 is 0 Å². The van der Waals surface area contributed by atoms with Crippen LogP contribution in [0.5, 0.6) is 11.5 Å². The molecule has 0 aliphatic carbocycles. The van der Waals surface area contributed by atoms with Crippen LogP contribution in [0.2, 0.25) is 0 Å². The number of phenolic OH excluding ortho intramolecular Hbond substituents is 2. The molecule has 2 N–H and O–H groups in total. The van der Waals surface area contributed by atoms with Gasteiger partial charge >= 0.3 is 0 Å². The van der Waals surface area contributed by atoms with Crippen LogP contribution in [0.4, 0.5) is 0 Å². The lowest BCUT2D eigenvalue weighted by atomic mass is 9.80. The number of aldehydes is 1. The second-order valence-corrected chi connectivity index (χ2v) is 10.3. The van der Waals surface area contributed by atoms with Gasteiger partial charge in [-0.1, -0.05) is 65.8 Å². The Labute approximate surface area is 185 Å². The molecule has 31 heavy (non-hydrogen) atoms. The molecule has 0 spiro atoms. The van der Waals surface area contributed by atoms with E-state index in [2.05, 4.69) is 41.5 Å². The van der Waals surface area contributed by atoms with E-state index in [4.69, 9.17) is 0 Å². The summed E-state index contributed by atoms with van der Waals surface area (Å²) in [5, 5.41) is 21.6. The molecule has 3 aromatic rings. The molecule has 162 valence electrons. The summed E-state index contributed by atoms with van der Waals surface area (Å²) in [5.74, 6) is 0.251. The highest BCUT2D eigenvalue weighted by atomic mass is 16.3. The average Bonchev–Trinajstić information content (AvgIpc) is 2.67. The summed E-state index contributed by atoms with van der Waals surface area (Å²) < 4.78 is 0. The van der Waals surface area contributed by atoms with Crippen molar-refractivity contribution in [2.45, 2.75) is 59.3 Å². The van der Waals surface area contributed by atoms with Gasteiger partial charge < -0.3 is 10.2 Å². The van der Waals surface area contributed by atoms with Crippen LogP contribution >= 0.6 is 0 Å². The lowest BCUT2D eigenvalue weighted by Crippen LogP contribution is -2.11. The van der Waals surface area contributed by atoms with Gasteiger partial charge in [0.25, 0.3) is 0 Å². The smallest absolute Gasteiger partial charge is 0.150 e. The van der Waals surface area contributed by atoms with E-state index in [1.807, 2.05) is 37.3 Å². The van der Waals surface area contributed by atoms with Crippen molar-refractivity contribution in [2.24, 2.45) is 0 Å². The number of hydrogen-bond acceptors (Lipinski definition) is 3. The number of carbonyl (C=O) groups is 1. The van der Waals surface area contributed by atoms with Gasteiger partial charge in [0.2, 0.25) is 0 Å². The second kappa shape index (κ2) is 7.88. The summed E-state index contributed by atoms with van der Waals surface area (Å²) in [4.78, 5) is 12.1. The fourth-order valence-electron chi connectivity index (χ4n) is 3.86. The van der Waals surface area contributed by atoms with Crippen molar-refractivity contribution >= 4 is 6.29 Å². The van der Waals surface area contributed by atoms with E-state index in [9.17, 15) is 15.0 Å². The Balaban J connectivity index is 2.44. The largest absolute Gasteiger partial charge is 0.507 e. The molecule has 3 aromatic carbocycles. The summed E-state index contributed by atoms with van der Waals surface area (Å²) in [6, 6.07) is 14.8. The first-order valence-electron chi connectivity index (χ1n) is 10.6. The van der Waals surface area contributed by atoms with E-state index in [0.29, 0.717) is 22.3 Å². The minimum absolute atomic E-state index is 0.104. The number of aryl methyl sites for hydroxylation is 1. The summed E-state index contributed by atoms with van der Waals surface area (Å²) >= 11 is 0. The second-order valence-electron chi connectivity index (χ2n) is 10.3. The van der Waals surface area contributed by atoms with Gasteiger partial charge in [-0.2, -0.15) is 0 Å². The van der Waals surface area contributed by atoms with E-state index in [-0.39, 0.29) is 22.3 Å². The van der Waals surface area contributed by atoms with Crippen molar-refractivity contribution in [3.63, 3.8) is 0 Å².